The molecule has 0 aliphatic heterocycles. The Morgan fingerprint density at radius 1 is 1.30 bits per heavy atom. The van der Waals surface area contributed by atoms with Crippen molar-refractivity contribution in [3.8, 4) is 0 Å². The van der Waals surface area contributed by atoms with Crippen molar-refractivity contribution in [1.82, 2.24) is 4.57 Å². The first kappa shape index (κ1) is 15.5. The summed E-state index contributed by atoms with van der Waals surface area (Å²) in [6, 6.07) is 5.92. The zero-order valence-electron chi connectivity index (χ0n) is 13.1. The van der Waals surface area contributed by atoms with Crippen LogP contribution in [0.4, 0.5) is 0 Å². The molecule has 1 fully saturated rings. The molecule has 1 aromatic carbocycles. The maximum atomic E-state index is 12.5. The number of carbonyl (C=O) groups is 1. The molecule has 2 aromatic rings. The Hall–Kier alpha value is -2.36. The lowest BCUT2D eigenvalue weighted by Crippen LogP contribution is -2.19. The molecule has 1 saturated carbocycles. The smallest absolute Gasteiger partial charge is 0.341 e. The Bertz CT molecular complexity index is 813. The Kier molecular flexibility index (Phi) is 4.33. The third-order valence-corrected chi connectivity index (χ3v) is 4.74. The van der Waals surface area contributed by atoms with Gasteiger partial charge in [-0.05, 0) is 36.5 Å². The highest BCUT2D eigenvalue weighted by Crippen LogP contribution is 2.33. The van der Waals surface area contributed by atoms with Gasteiger partial charge >= 0.3 is 5.97 Å². The number of carboxylic acid groups (broad SMARTS) is 1. The topological polar surface area (TPSA) is 59.3 Å². The van der Waals surface area contributed by atoms with Crippen molar-refractivity contribution in [3.63, 3.8) is 0 Å². The molecule has 3 rings (SSSR count). The third-order valence-electron chi connectivity index (χ3n) is 4.74. The minimum Gasteiger partial charge on any atom is -0.477 e. The van der Waals surface area contributed by atoms with Gasteiger partial charge in [0.05, 0.1) is 5.52 Å². The molecule has 0 radical (unpaired) electrons. The second-order valence-electron chi connectivity index (χ2n) is 6.23. The summed E-state index contributed by atoms with van der Waals surface area (Å²) in [5.41, 5.74) is 1.34. The zero-order valence-corrected chi connectivity index (χ0v) is 13.1. The largest absolute Gasteiger partial charge is 0.477 e. The normalized spacial score (nSPS) is 15.7. The van der Waals surface area contributed by atoms with E-state index in [0.29, 0.717) is 17.8 Å². The molecule has 1 aliphatic rings. The van der Waals surface area contributed by atoms with Crippen molar-refractivity contribution in [2.24, 2.45) is 0 Å². The van der Waals surface area contributed by atoms with Crippen molar-refractivity contribution >= 4 is 16.9 Å². The van der Waals surface area contributed by atoms with Gasteiger partial charge in [0.15, 0.2) is 0 Å². The van der Waals surface area contributed by atoms with Crippen molar-refractivity contribution < 1.29 is 9.90 Å². The van der Waals surface area contributed by atoms with Crippen molar-refractivity contribution in [3.05, 3.63) is 58.4 Å². The van der Waals surface area contributed by atoms with Gasteiger partial charge in [0.25, 0.3) is 0 Å². The fourth-order valence-corrected chi connectivity index (χ4v) is 3.55. The maximum absolute atomic E-state index is 12.5. The first-order valence-electron chi connectivity index (χ1n) is 8.13. The van der Waals surface area contributed by atoms with Gasteiger partial charge in [-0.1, -0.05) is 31.4 Å². The van der Waals surface area contributed by atoms with E-state index in [9.17, 15) is 14.7 Å². The van der Waals surface area contributed by atoms with Gasteiger partial charge in [0.2, 0.25) is 5.43 Å². The summed E-state index contributed by atoms with van der Waals surface area (Å²) in [7, 11) is 0. The summed E-state index contributed by atoms with van der Waals surface area (Å²) >= 11 is 0. The van der Waals surface area contributed by atoms with E-state index in [1.165, 1.54) is 25.5 Å². The lowest BCUT2D eigenvalue weighted by molar-refractivity contribution is 0.0695. The maximum Gasteiger partial charge on any atom is 0.341 e. The SMILES string of the molecule is C=CCn1cc(C(=O)O)c(=O)c2cc(C3CCCCC3)ccc21. The Morgan fingerprint density at radius 2 is 2.04 bits per heavy atom. The van der Waals surface area contributed by atoms with Gasteiger partial charge in [-0.25, -0.2) is 4.79 Å². The molecule has 0 bridgehead atoms. The van der Waals surface area contributed by atoms with Crippen LogP contribution in [0.2, 0.25) is 0 Å². The highest BCUT2D eigenvalue weighted by molar-refractivity contribution is 5.92. The average Bonchev–Trinajstić information content (AvgIpc) is 2.57. The van der Waals surface area contributed by atoms with Crippen LogP contribution in [0.25, 0.3) is 10.9 Å². The number of benzene rings is 1. The predicted octanol–water partition coefficient (Wildman–Crippen LogP) is 3.93. The molecule has 1 aliphatic carbocycles. The van der Waals surface area contributed by atoms with E-state index in [1.54, 1.807) is 10.6 Å². The van der Waals surface area contributed by atoms with Gasteiger partial charge in [0.1, 0.15) is 5.56 Å². The van der Waals surface area contributed by atoms with Crippen LogP contribution < -0.4 is 5.43 Å². The molecule has 1 N–H and O–H groups in total. The molecule has 0 amide bonds. The van der Waals surface area contributed by atoms with Gasteiger partial charge < -0.3 is 9.67 Å². The second kappa shape index (κ2) is 6.41. The Morgan fingerprint density at radius 3 is 2.70 bits per heavy atom. The summed E-state index contributed by atoms with van der Waals surface area (Å²) in [6.07, 6.45) is 9.12. The number of carboxylic acids is 1. The molecular weight excluding hydrogens is 290 g/mol. The number of fused-ring (bicyclic) bond motifs is 1. The second-order valence-corrected chi connectivity index (χ2v) is 6.23. The fraction of sp³-hybridized carbons (Fsp3) is 0.368. The highest BCUT2D eigenvalue weighted by Gasteiger charge is 2.18. The van der Waals surface area contributed by atoms with Crippen LogP contribution in [0, 0.1) is 0 Å². The van der Waals surface area contributed by atoms with E-state index in [-0.39, 0.29) is 5.56 Å². The van der Waals surface area contributed by atoms with E-state index in [4.69, 9.17) is 0 Å². The summed E-state index contributed by atoms with van der Waals surface area (Å²) in [6.45, 7) is 4.18. The Balaban J connectivity index is 2.19. The number of allylic oxidation sites excluding steroid dienone is 1. The van der Waals surface area contributed by atoms with E-state index in [0.717, 1.165) is 23.9 Å². The molecule has 0 unspecified atom stereocenters. The minimum atomic E-state index is -1.18. The molecule has 4 heteroatoms. The molecular formula is C19H21NO3. The summed E-state index contributed by atoms with van der Waals surface area (Å²) in [4.78, 5) is 23.9. The quantitative estimate of drug-likeness (QED) is 0.870. The molecule has 1 aromatic heterocycles. The number of rotatable bonds is 4. The first-order chi connectivity index (χ1) is 11.1. The van der Waals surface area contributed by atoms with Crippen molar-refractivity contribution in [2.45, 2.75) is 44.6 Å². The van der Waals surface area contributed by atoms with Gasteiger partial charge in [-0.15, -0.1) is 6.58 Å². The zero-order chi connectivity index (χ0) is 16.4. The average molecular weight is 311 g/mol. The van der Waals surface area contributed by atoms with Crippen LogP contribution in [0.3, 0.4) is 0 Å². The number of aromatic carboxylic acids is 1. The summed E-state index contributed by atoms with van der Waals surface area (Å²) < 4.78 is 1.78. The van der Waals surface area contributed by atoms with Crippen LogP contribution in [-0.4, -0.2) is 15.6 Å². The van der Waals surface area contributed by atoms with E-state index >= 15 is 0 Å². The third kappa shape index (κ3) is 2.93. The van der Waals surface area contributed by atoms with Crippen LogP contribution in [-0.2, 0) is 6.54 Å². The number of hydrogen-bond donors (Lipinski definition) is 1. The van der Waals surface area contributed by atoms with Gasteiger partial charge in [-0.2, -0.15) is 0 Å². The number of hydrogen-bond acceptors (Lipinski definition) is 2. The molecule has 0 saturated heterocycles. The summed E-state index contributed by atoms with van der Waals surface area (Å²) in [5.74, 6) is -0.702. The number of pyridine rings is 1. The molecule has 23 heavy (non-hydrogen) atoms. The van der Waals surface area contributed by atoms with Crippen LogP contribution in [0.5, 0.6) is 0 Å². The number of aromatic nitrogens is 1. The molecule has 1 heterocycles. The predicted molar refractivity (Wildman–Crippen MR) is 91.2 cm³/mol. The molecule has 0 atom stereocenters. The standard InChI is InChI=1S/C19H21NO3/c1-2-10-20-12-16(19(22)23)18(21)15-11-14(8-9-17(15)20)13-6-4-3-5-7-13/h2,8-9,11-13H,1,3-7,10H2,(H,22,23). The van der Waals surface area contributed by atoms with Crippen LogP contribution in [0.1, 0.15) is 53.9 Å². The molecule has 0 spiro atoms. The van der Waals surface area contributed by atoms with Crippen LogP contribution >= 0.6 is 0 Å². The van der Waals surface area contributed by atoms with Gasteiger partial charge in [0, 0.05) is 18.1 Å². The lowest BCUT2D eigenvalue weighted by Gasteiger charge is -2.22. The molecule has 4 nitrogen and oxygen atoms in total. The van der Waals surface area contributed by atoms with Crippen molar-refractivity contribution in [1.29, 1.82) is 0 Å². The van der Waals surface area contributed by atoms with E-state index in [1.807, 2.05) is 12.1 Å². The minimum absolute atomic E-state index is 0.180. The van der Waals surface area contributed by atoms with E-state index in [2.05, 4.69) is 12.6 Å². The van der Waals surface area contributed by atoms with Gasteiger partial charge in [-0.3, -0.25) is 4.79 Å². The Labute approximate surface area is 135 Å². The summed E-state index contributed by atoms with van der Waals surface area (Å²) in [5, 5.41) is 9.79. The molecule has 120 valence electrons. The van der Waals surface area contributed by atoms with Crippen LogP contribution in [0.15, 0.2) is 41.8 Å². The van der Waals surface area contributed by atoms with Crippen molar-refractivity contribution in [2.75, 3.05) is 0 Å². The van der Waals surface area contributed by atoms with E-state index < -0.39 is 11.4 Å². The lowest BCUT2D eigenvalue weighted by atomic mass is 9.83. The highest BCUT2D eigenvalue weighted by atomic mass is 16.4. The fourth-order valence-electron chi connectivity index (χ4n) is 3.55. The monoisotopic (exact) mass is 311 g/mol. The number of nitrogens with zero attached hydrogens (tertiary/aromatic N) is 1. The first-order valence-corrected chi connectivity index (χ1v) is 8.13.